The number of rotatable bonds is 9. The van der Waals surface area contributed by atoms with Gasteiger partial charge in [-0.05, 0) is 55.0 Å². The minimum atomic E-state index is -0.106. The molecule has 0 heterocycles. The number of nitrogens with one attached hydrogen (secondary N) is 2. The van der Waals surface area contributed by atoms with E-state index >= 15 is 0 Å². The molecule has 0 saturated carbocycles. The third-order valence-electron chi connectivity index (χ3n) is 3.66. The van der Waals surface area contributed by atoms with Crippen molar-refractivity contribution in [2.45, 2.75) is 19.8 Å². The summed E-state index contributed by atoms with van der Waals surface area (Å²) in [7, 11) is 1.54. The van der Waals surface area contributed by atoms with Crippen molar-refractivity contribution in [3.63, 3.8) is 0 Å². The second kappa shape index (κ2) is 10.8. The van der Waals surface area contributed by atoms with E-state index in [1.807, 2.05) is 31.2 Å². The number of anilines is 2. The highest BCUT2D eigenvalue weighted by molar-refractivity contribution is 7.99. The highest BCUT2D eigenvalue weighted by atomic mass is 35.5. The molecule has 5 nitrogen and oxygen atoms in total. The summed E-state index contributed by atoms with van der Waals surface area (Å²) < 4.78 is 5.08. The van der Waals surface area contributed by atoms with Crippen LogP contribution in [0.15, 0.2) is 42.5 Å². The van der Waals surface area contributed by atoms with E-state index in [2.05, 4.69) is 10.6 Å². The van der Waals surface area contributed by atoms with Crippen molar-refractivity contribution < 1.29 is 14.3 Å². The number of hydrogen-bond acceptors (Lipinski definition) is 4. The van der Waals surface area contributed by atoms with E-state index in [1.54, 1.807) is 18.2 Å². The standard InChI is InChI=1S/C20H23ClN2O3S/c1-14-5-3-6-15(11-14)22-19(24)7-4-10-27-13-20(25)23-16-8-9-18(26-2)17(21)12-16/h3,5-6,8-9,11-12H,4,7,10,13H2,1-2H3,(H,22,24)(H,23,25). The van der Waals surface area contributed by atoms with E-state index in [0.717, 1.165) is 17.0 Å². The minimum absolute atomic E-state index is 0.0153. The SMILES string of the molecule is COc1ccc(NC(=O)CSCCCC(=O)Nc2cccc(C)c2)cc1Cl. The van der Waals surface area contributed by atoms with Gasteiger partial charge in [0.1, 0.15) is 5.75 Å². The van der Waals surface area contributed by atoms with Gasteiger partial charge in [0.2, 0.25) is 11.8 Å². The number of carbonyl (C=O) groups excluding carboxylic acids is 2. The number of benzene rings is 2. The zero-order chi connectivity index (χ0) is 19.6. The molecule has 144 valence electrons. The summed E-state index contributed by atoms with van der Waals surface area (Å²) in [6.07, 6.45) is 1.14. The van der Waals surface area contributed by atoms with Crippen LogP contribution in [0.4, 0.5) is 11.4 Å². The lowest BCUT2D eigenvalue weighted by atomic mass is 10.2. The maximum Gasteiger partial charge on any atom is 0.234 e. The quantitative estimate of drug-likeness (QED) is 0.590. The molecule has 0 radical (unpaired) electrons. The Morgan fingerprint density at radius 3 is 2.52 bits per heavy atom. The van der Waals surface area contributed by atoms with Gasteiger partial charge in [0, 0.05) is 17.8 Å². The van der Waals surface area contributed by atoms with Crippen molar-refractivity contribution in [1.29, 1.82) is 0 Å². The first kappa shape index (κ1) is 21.1. The van der Waals surface area contributed by atoms with Gasteiger partial charge in [-0.25, -0.2) is 0 Å². The number of halogens is 1. The first-order valence-corrected chi connectivity index (χ1v) is 10.1. The smallest absolute Gasteiger partial charge is 0.234 e. The van der Waals surface area contributed by atoms with Crippen LogP contribution in [-0.2, 0) is 9.59 Å². The third-order valence-corrected chi connectivity index (χ3v) is 5.00. The van der Waals surface area contributed by atoms with Crippen molar-refractivity contribution in [2.75, 3.05) is 29.2 Å². The van der Waals surface area contributed by atoms with Crippen LogP contribution in [0.2, 0.25) is 5.02 Å². The molecule has 0 unspecified atom stereocenters. The van der Waals surface area contributed by atoms with Gasteiger partial charge in [-0.15, -0.1) is 0 Å². The molecule has 0 bridgehead atoms. The van der Waals surface area contributed by atoms with Gasteiger partial charge in [0.15, 0.2) is 0 Å². The number of amides is 2. The zero-order valence-electron chi connectivity index (χ0n) is 15.4. The molecular formula is C20H23ClN2O3S. The van der Waals surface area contributed by atoms with Crippen molar-refractivity contribution in [1.82, 2.24) is 0 Å². The van der Waals surface area contributed by atoms with Crippen LogP contribution in [0.3, 0.4) is 0 Å². The number of ether oxygens (including phenoxy) is 1. The lowest BCUT2D eigenvalue weighted by Gasteiger charge is -2.08. The average Bonchev–Trinajstić information content (AvgIpc) is 2.61. The molecule has 0 aliphatic heterocycles. The van der Waals surface area contributed by atoms with Crippen molar-refractivity contribution >= 4 is 46.6 Å². The topological polar surface area (TPSA) is 67.4 Å². The molecule has 0 aromatic heterocycles. The van der Waals surface area contributed by atoms with Gasteiger partial charge < -0.3 is 15.4 Å². The first-order valence-electron chi connectivity index (χ1n) is 8.55. The summed E-state index contributed by atoms with van der Waals surface area (Å²) in [5.74, 6) is 1.50. The number of carbonyl (C=O) groups is 2. The fraction of sp³-hybridized carbons (Fsp3) is 0.300. The predicted octanol–water partition coefficient (Wildman–Crippen LogP) is 4.75. The third kappa shape index (κ3) is 7.53. The Labute approximate surface area is 168 Å². The van der Waals surface area contributed by atoms with Gasteiger partial charge in [-0.2, -0.15) is 11.8 Å². The Kier molecular flexibility index (Phi) is 8.48. The molecule has 2 amide bonds. The van der Waals surface area contributed by atoms with E-state index < -0.39 is 0 Å². The summed E-state index contributed by atoms with van der Waals surface area (Å²) in [5.41, 5.74) is 2.54. The van der Waals surface area contributed by atoms with E-state index in [4.69, 9.17) is 16.3 Å². The second-order valence-electron chi connectivity index (χ2n) is 5.97. The number of methoxy groups -OCH3 is 1. The number of hydrogen-bond donors (Lipinski definition) is 2. The van der Waals surface area contributed by atoms with Gasteiger partial charge in [0.05, 0.1) is 17.9 Å². The maximum atomic E-state index is 12.0. The molecule has 2 aromatic rings. The maximum absolute atomic E-state index is 12.0. The molecule has 7 heteroatoms. The largest absolute Gasteiger partial charge is 0.495 e. The molecule has 2 aromatic carbocycles. The molecule has 0 atom stereocenters. The monoisotopic (exact) mass is 406 g/mol. The minimum Gasteiger partial charge on any atom is -0.495 e. The predicted molar refractivity (Wildman–Crippen MR) is 113 cm³/mol. The molecule has 0 aliphatic rings. The number of thioether (sulfide) groups is 1. The lowest BCUT2D eigenvalue weighted by molar-refractivity contribution is -0.116. The fourth-order valence-corrected chi connectivity index (χ4v) is 3.40. The normalized spacial score (nSPS) is 10.3. The lowest BCUT2D eigenvalue weighted by Crippen LogP contribution is -2.15. The van der Waals surface area contributed by atoms with Crippen LogP contribution in [0.25, 0.3) is 0 Å². The van der Waals surface area contributed by atoms with E-state index in [9.17, 15) is 9.59 Å². The molecule has 27 heavy (non-hydrogen) atoms. The highest BCUT2D eigenvalue weighted by Gasteiger charge is 2.07. The van der Waals surface area contributed by atoms with Crippen LogP contribution in [0, 0.1) is 6.92 Å². The van der Waals surface area contributed by atoms with Gasteiger partial charge in [-0.1, -0.05) is 23.7 Å². The van der Waals surface area contributed by atoms with Crippen molar-refractivity contribution in [3.8, 4) is 5.75 Å². The van der Waals surface area contributed by atoms with Crippen molar-refractivity contribution in [2.24, 2.45) is 0 Å². The summed E-state index contributed by atoms with van der Waals surface area (Å²) in [4.78, 5) is 23.9. The Morgan fingerprint density at radius 2 is 1.81 bits per heavy atom. The molecule has 0 saturated heterocycles. The van der Waals surface area contributed by atoms with Gasteiger partial charge in [-0.3, -0.25) is 9.59 Å². The zero-order valence-corrected chi connectivity index (χ0v) is 17.0. The van der Waals surface area contributed by atoms with Gasteiger partial charge in [0.25, 0.3) is 0 Å². The van der Waals surface area contributed by atoms with Crippen LogP contribution in [0.5, 0.6) is 5.75 Å². The molecule has 2 N–H and O–H groups in total. The first-order chi connectivity index (χ1) is 13.0. The van der Waals surface area contributed by atoms with E-state index in [-0.39, 0.29) is 11.8 Å². The summed E-state index contributed by atoms with van der Waals surface area (Å²) in [6, 6.07) is 12.8. The Morgan fingerprint density at radius 1 is 1.07 bits per heavy atom. The average molecular weight is 407 g/mol. The molecule has 0 fully saturated rings. The molecule has 0 aliphatic carbocycles. The molecule has 2 rings (SSSR count). The van der Waals surface area contributed by atoms with E-state index in [0.29, 0.717) is 35.1 Å². The van der Waals surface area contributed by atoms with Crippen LogP contribution >= 0.6 is 23.4 Å². The van der Waals surface area contributed by atoms with Crippen molar-refractivity contribution in [3.05, 3.63) is 53.1 Å². The Bertz CT molecular complexity index is 799. The summed E-state index contributed by atoms with van der Waals surface area (Å²) in [6.45, 7) is 1.98. The molecular weight excluding hydrogens is 384 g/mol. The number of aryl methyl sites for hydroxylation is 1. The Balaban J connectivity index is 1.62. The van der Waals surface area contributed by atoms with Crippen LogP contribution in [0.1, 0.15) is 18.4 Å². The Hall–Kier alpha value is -2.18. The van der Waals surface area contributed by atoms with Gasteiger partial charge >= 0.3 is 0 Å². The van der Waals surface area contributed by atoms with Crippen LogP contribution < -0.4 is 15.4 Å². The van der Waals surface area contributed by atoms with E-state index in [1.165, 1.54) is 18.9 Å². The highest BCUT2D eigenvalue weighted by Crippen LogP contribution is 2.27. The second-order valence-corrected chi connectivity index (χ2v) is 7.48. The summed E-state index contributed by atoms with van der Waals surface area (Å²) >= 11 is 7.53. The fourth-order valence-electron chi connectivity index (χ4n) is 2.39. The summed E-state index contributed by atoms with van der Waals surface area (Å²) in [5, 5.41) is 6.12. The molecule has 0 spiro atoms. The van der Waals surface area contributed by atoms with Crippen LogP contribution in [-0.4, -0.2) is 30.4 Å².